The van der Waals surface area contributed by atoms with Crippen LogP contribution in [0.4, 0.5) is 0 Å². The van der Waals surface area contributed by atoms with Crippen LogP contribution in [-0.2, 0) is 14.4 Å². The summed E-state index contributed by atoms with van der Waals surface area (Å²) < 4.78 is 5.16. The minimum Gasteiger partial charge on any atom is -0.495 e. The van der Waals surface area contributed by atoms with E-state index in [4.69, 9.17) is 9.84 Å². The smallest absolute Gasteiger partial charge is 0.322 e. The number of carboxylic acids is 1. The van der Waals surface area contributed by atoms with E-state index in [1.165, 1.54) is 19.1 Å². The number of aliphatic carboxylic acids is 1. The Labute approximate surface area is 167 Å². The van der Waals surface area contributed by atoms with E-state index in [9.17, 15) is 19.5 Å². The maximum absolute atomic E-state index is 12.5. The molecule has 2 amide bonds. The van der Waals surface area contributed by atoms with E-state index in [0.717, 1.165) is 11.1 Å². The summed E-state index contributed by atoms with van der Waals surface area (Å²) in [5, 5.41) is 23.5. The number of carbonyl (C=O) groups excluding carboxylic acids is 2. The summed E-state index contributed by atoms with van der Waals surface area (Å²) in [5.74, 6) is -2.27. The first-order valence-electron chi connectivity index (χ1n) is 8.51. The second-order valence-electron chi connectivity index (χ2n) is 6.13. The molecule has 0 aliphatic carbocycles. The minimum absolute atomic E-state index is 0.346. The molecule has 1 aromatic heterocycles. The zero-order chi connectivity index (χ0) is 21.6. The molecule has 0 bridgehead atoms. The Morgan fingerprint density at radius 2 is 2.10 bits per heavy atom. The van der Waals surface area contributed by atoms with Crippen LogP contribution in [0, 0.1) is 0 Å². The van der Waals surface area contributed by atoms with Gasteiger partial charge in [0.05, 0.1) is 25.5 Å². The summed E-state index contributed by atoms with van der Waals surface area (Å²) in [6, 6.07) is 1.77. The third-order valence-corrected chi connectivity index (χ3v) is 4.19. The number of dihydropyridines is 1. The average molecular weight is 402 g/mol. The first-order chi connectivity index (χ1) is 13.8. The monoisotopic (exact) mass is 402 g/mol. The SMILES string of the molecule is C=C(C(=O)NCC(=O)O)C(=O)N(C)C1NC=C(c2cncc(OC)c2)C=C1CO. The summed E-state index contributed by atoms with van der Waals surface area (Å²) in [6.45, 7) is 2.47. The molecule has 29 heavy (non-hydrogen) atoms. The summed E-state index contributed by atoms with van der Waals surface area (Å²) in [6.07, 6.45) is 5.82. The fourth-order valence-corrected chi connectivity index (χ4v) is 2.63. The van der Waals surface area contributed by atoms with Crippen LogP contribution in [-0.4, -0.2) is 71.4 Å². The quantitative estimate of drug-likeness (QED) is 0.259. The Morgan fingerprint density at radius 3 is 2.72 bits per heavy atom. The summed E-state index contributed by atoms with van der Waals surface area (Å²) >= 11 is 0. The lowest BCUT2D eigenvalue weighted by Crippen LogP contribution is -2.49. The van der Waals surface area contributed by atoms with Crippen molar-refractivity contribution in [2.24, 2.45) is 0 Å². The van der Waals surface area contributed by atoms with Gasteiger partial charge in [0.25, 0.3) is 11.8 Å². The number of nitrogens with zero attached hydrogens (tertiary/aromatic N) is 2. The fraction of sp³-hybridized carbons (Fsp3) is 0.263. The van der Waals surface area contributed by atoms with E-state index >= 15 is 0 Å². The number of carboxylic acid groups (broad SMARTS) is 1. The number of hydrogen-bond acceptors (Lipinski definition) is 7. The van der Waals surface area contributed by atoms with E-state index in [2.05, 4.69) is 22.2 Å². The molecule has 2 heterocycles. The van der Waals surface area contributed by atoms with Crippen LogP contribution in [0.15, 0.2) is 48.5 Å². The van der Waals surface area contributed by atoms with E-state index in [1.54, 1.807) is 30.7 Å². The van der Waals surface area contributed by atoms with Crippen LogP contribution in [0.1, 0.15) is 5.56 Å². The van der Waals surface area contributed by atoms with Crippen molar-refractivity contribution in [2.45, 2.75) is 6.17 Å². The van der Waals surface area contributed by atoms with Crippen LogP contribution in [0.25, 0.3) is 5.57 Å². The Hall–Kier alpha value is -3.66. The molecule has 0 spiro atoms. The highest BCUT2D eigenvalue weighted by Gasteiger charge is 2.29. The van der Waals surface area contributed by atoms with E-state index in [1.807, 2.05) is 0 Å². The Kier molecular flexibility index (Phi) is 7.10. The minimum atomic E-state index is -1.24. The number of likely N-dealkylation sites (N-methyl/N-ethyl adjacent to an activating group) is 1. The highest BCUT2D eigenvalue weighted by atomic mass is 16.5. The van der Waals surface area contributed by atoms with Gasteiger partial charge in [-0.15, -0.1) is 0 Å². The first kappa shape index (κ1) is 21.6. The van der Waals surface area contributed by atoms with Gasteiger partial charge in [-0.25, -0.2) is 0 Å². The molecule has 4 N–H and O–H groups in total. The lowest BCUT2D eigenvalue weighted by atomic mass is 10.0. The number of aliphatic hydroxyl groups is 1. The number of carbonyl (C=O) groups is 3. The standard InChI is InChI=1S/C19H22N4O6/c1-11(18(27)22-9-16(25)26)19(28)23(2)17-14(10-24)4-12(7-21-17)13-5-15(29-3)8-20-6-13/h4-8,17,21,24H,1,9-10H2,2-3H3,(H,22,27)(H,25,26). The summed E-state index contributed by atoms with van der Waals surface area (Å²) in [5.41, 5.74) is 1.52. The van der Waals surface area contributed by atoms with E-state index in [-0.39, 0.29) is 6.61 Å². The molecular weight excluding hydrogens is 380 g/mol. The van der Waals surface area contributed by atoms with E-state index in [0.29, 0.717) is 11.3 Å². The van der Waals surface area contributed by atoms with E-state index < -0.39 is 36.1 Å². The molecule has 2 rings (SSSR count). The van der Waals surface area contributed by atoms with Gasteiger partial charge in [0, 0.05) is 25.0 Å². The maximum Gasteiger partial charge on any atom is 0.322 e. The molecule has 1 unspecified atom stereocenters. The van der Waals surface area contributed by atoms with Crippen molar-refractivity contribution in [1.82, 2.24) is 20.5 Å². The predicted molar refractivity (Wildman–Crippen MR) is 103 cm³/mol. The second-order valence-corrected chi connectivity index (χ2v) is 6.13. The molecule has 10 heteroatoms. The molecule has 10 nitrogen and oxygen atoms in total. The number of methoxy groups -OCH3 is 1. The first-order valence-corrected chi connectivity index (χ1v) is 8.51. The zero-order valence-corrected chi connectivity index (χ0v) is 16.0. The number of hydrogen-bond donors (Lipinski definition) is 4. The number of nitrogens with one attached hydrogen (secondary N) is 2. The molecule has 1 aliphatic rings. The Morgan fingerprint density at radius 1 is 1.38 bits per heavy atom. The number of amides is 2. The highest BCUT2D eigenvalue weighted by molar-refractivity contribution is 6.18. The molecule has 0 saturated heterocycles. The predicted octanol–water partition coefficient (Wildman–Crippen LogP) is -0.505. The maximum atomic E-state index is 12.5. The lowest BCUT2D eigenvalue weighted by molar-refractivity contribution is -0.138. The zero-order valence-electron chi connectivity index (χ0n) is 16.0. The van der Waals surface area contributed by atoms with Gasteiger partial charge >= 0.3 is 5.97 Å². The molecule has 0 saturated carbocycles. The average Bonchev–Trinajstić information content (AvgIpc) is 2.75. The second kappa shape index (κ2) is 9.51. The van der Waals surface area contributed by atoms with Crippen LogP contribution in [0.2, 0.25) is 0 Å². The van der Waals surface area contributed by atoms with Crippen LogP contribution >= 0.6 is 0 Å². The van der Waals surface area contributed by atoms with Crippen molar-refractivity contribution < 1.29 is 29.3 Å². The highest BCUT2D eigenvalue weighted by Crippen LogP contribution is 2.25. The molecule has 0 radical (unpaired) electrons. The summed E-state index contributed by atoms with van der Waals surface area (Å²) in [7, 11) is 2.96. The van der Waals surface area contributed by atoms with Gasteiger partial charge in [0.1, 0.15) is 18.5 Å². The third kappa shape index (κ3) is 5.20. The van der Waals surface area contributed by atoms with Crippen molar-refractivity contribution in [3.05, 3.63) is 54.0 Å². The number of allylic oxidation sites excluding steroid dienone is 2. The normalized spacial score (nSPS) is 15.3. The van der Waals surface area contributed by atoms with Gasteiger partial charge < -0.3 is 30.5 Å². The van der Waals surface area contributed by atoms with Crippen molar-refractivity contribution in [2.75, 3.05) is 27.3 Å². The molecule has 0 fully saturated rings. The Balaban J connectivity index is 2.15. The molecule has 1 atom stereocenters. The largest absolute Gasteiger partial charge is 0.495 e. The molecular formula is C19H22N4O6. The number of pyridine rings is 1. The number of aromatic nitrogens is 1. The number of rotatable bonds is 8. The fourth-order valence-electron chi connectivity index (χ4n) is 2.63. The Bertz CT molecular complexity index is 892. The topological polar surface area (TPSA) is 141 Å². The molecule has 154 valence electrons. The molecule has 1 aromatic rings. The van der Waals surface area contributed by atoms with Crippen molar-refractivity contribution in [3.8, 4) is 5.75 Å². The number of aliphatic hydroxyl groups excluding tert-OH is 1. The third-order valence-electron chi connectivity index (χ3n) is 4.19. The van der Waals surface area contributed by atoms with Crippen molar-refractivity contribution in [1.29, 1.82) is 0 Å². The van der Waals surface area contributed by atoms with Gasteiger partial charge in [-0.05, 0) is 23.3 Å². The van der Waals surface area contributed by atoms with Gasteiger partial charge in [-0.2, -0.15) is 0 Å². The summed E-state index contributed by atoms with van der Waals surface area (Å²) in [4.78, 5) is 40.3. The van der Waals surface area contributed by atoms with Gasteiger partial charge in [-0.3, -0.25) is 19.4 Å². The van der Waals surface area contributed by atoms with Gasteiger partial charge in [0.15, 0.2) is 0 Å². The van der Waals surface area contributed by atoms with Gasteiger partial charge in [0.2, 0.25) is 0 Å². The van der Waals surface area contributed by atoms with Crippen molar-refractivity contribution in [3.63, 3.8) is 0 Å². The van der Waals surface area contributed by atoms with Gasteiger partial charge in [-0.1, -0.05) is 6.58 Å². The van der Waals surface area contributed by atoms with Crippen molar-refractivity contribution >= 4 is 23.4 Å². The number of ether oxygens (including phenoxy) is 1. The van der Waals surface area contributed by atoms with Crippen LogP contribution in [0.3, 0.4) is 0 Å². The molecule has 1 aliphatic heterocycles. The van der Waals surface area contributed by atoms with Crippen LogP contribution < -0.4 is 15.4 Å². The lowest BCUT2D eigenvalue weighted by Gasteiger charge is -2.33. The van der Waals surface area contributed by atoms with Crippen LogP contribution in [0.5, 0.6) is 5.75 Å². The molecule has 0 aromatic carbocycles.